The van der Waals surface area contributed by atoms with Gasteiger partial charge in [0.25, 0.3) is 5.91 Å². The molecule has 0 spiro atoms. The van der Waals surface area contributed by atoms with E-state index in [1.165, 1.54) is 5.56 Å². The normalized spacial score (nSPS) is 12.6. The number of carbonyl (C=O) groups excluding carboxylic acids is 1. The molecule has 6 nitrogen and oxygen atoms in total. The second-order valence-electron chi connectivity index (χ2n) is 8.16. The number of hydrogen-bond donors (Lipinski definition) is 1. The number of nitrogens with zero attached hydrogens (tertiary/aromatic N) is 2. The van der Waals surface area contributed by atoms with Crippen molar-refractivity contribution in [1.29, 1.82) is 0 Å². The van der Waals surface area contributed by atoms with Gasteiger partial charge in [-0.25, -0.2) is 13.8 Å². The maximum absolute atomic E-state index is 12.3. The maximum atomic E-state index is 12.3. The minimum absolute atomic E-state index is 0.0584. The zero-order chi connectivity index (χ0) is 21.8. The predicted octanol–water partition coefficient (Wildman–Crippen LogP) is 3.60. The van der Waals surface area contributed by atoms with Crippen molar-refractivity contribution in [3.05, 3.63) is 65.2 Å². The van der Waals surface area contributed by atoms with Gasteiger partial charge in [0.05, 0.1) is 17.7 Å². The van der Waals surface area contributed by atoms with Crippen LogP contribution in [0.3, 0.4) is 0 Å². The zero-order valence-corrected chi connectivity index (χ0v) is 18.7. The Morgan fingerprint density at radius 3 is 2.07 bits per heavy atom. The van der Waals surface area contributed by atoms with Gasteiger partial charge in [-0.1, -0.05) is 62.7 Å². The molecule has 0 saturated heterocycles. The van der Waals surface area contributed by atoms with Crippen molar-refractivity contribution in [1.82, 2.24) is 5.43 Å². The summed E-state index contributed by atoms with van der Waals surface area (Å²) in [6, 6.07) is 15.0. The minimum Gasteiger partial charge on any atom is -0.271 e. The fourth-order valence-electron chi connectivity index (χ4n) is 2.70. The van der Waals surface area contributed by atoms with Crippen LogP contribution in [0.2, 0.25) is 0 Å². The molecule has 0 aliphatic carbocycles. The number of aryl methyl sites for hydroxylation is 1. The highest BCUT2D eigenvalue weighted by atomic mass is 32.2. The summed E-state index contributed by atoms with van der Waals surface area (Å²) in [5.74, 6) is -0.512. The van der Waals surface area contributed by atoms with Crippen molar-refractivity contribution in [2.45, 2.75) is 40.0 Å². The monoisotopic (exact) mass is 415 g/mol. The third-order valence-corrected chi connectivity index (χ3v) is 5.67. The minimum atomic E-state index is -3.61. The predicted molar refractivity (Wildman–Crippen MR) is 119 cm³/mol. The third kappa shape index (κ3) is 6.42. The van der Waals surface area contributed by atoms with Crippen molar-refractivity contribution in [2.24, 2.45) is 5.10 Å². The van der Waals surface area contributed by atoms with E-state index in [0.29, 0.717) is 11.4 Å². The van der Waals surface area contributed by atoms with Gasteiger partial charge in [-0.2, -0.15) is 5.10 Å². The molecule has 29 heavy (non-hydrogen) atoms. The average molecular weight is 416 g/mol. The van der Waals surface area contributed by atoms with Gasteiger partial charge in [-0.3, -0.25) is 9.10 Å². The molecule has 0 atom stereocenters. The van der Waals surface area contributed by atoms with Crippen LogP contribution >= 0.6 is 0 Å². The van der Waals surface area contributed by atoms with E-state index < -0.39 is 15.9 Å². The lowest BCUT2D eigenvalue weighted by Crippen LogP contribution is -2.39. The van der Waals surface area contributed by atoms with Gasteiger partial charge >= 0.3 is 0 Å². The number of sulfonamides is 1. The van der Waals surface area contributed by atoms with E-state index in [1.807, 2.05) is 31.2 Å². The van der Waals surface area contributed by atoms with E-state index in [2.05, 4.69) is 31.3 Å². The van der Waals surface area contributed by atoms with E-state index in [-0.39, 0.29) is 12.0 Å². The number of amides is 1. The maximum Gasteiger partial charge on any atom is 0.260 e. The molecule has 2 aromatic carbocycles. The molecule has 0 unspecified atom stereocenters. The van der Waals surface area contributed by atoms with Crippen molar-refractivity contribution in [3.8, 4) is 0 Å². The molecular formula is C22H29N3O3S. The summed E-state index contributed by atoms with van der Waals surface area (Å²) < 4.78 is 25.3. The lowest BCUT2D eigenvalue weighted by Gasteiger charge is -2.21. The van der Waals surface area contributed by atoms with Gasteiger partial charge in [0, 0.05) is 0 Å². The van der Waals surface area contributed by atoms with Crippen molar-refractivity contribution < 1.29 is 13.2 Å². The topological polar surface area (TPSA) is 78.8 Å². The van der Waals surface area contributed by atoms with Gasteiger partial charge in [0.2, 0.25) is 10.0 Å². The van der Waals surface area contributed by atoms with Crippen LogP contribution in [0, 0.1) is 6.92 Å². The average Bonchev–Trinajstić information content (AvgIpc) is 2.63. The van der Waals surface area contributed by atoms with E-state index in [9.17, 15) is 13.2 Å². The van der Waals surface area contributed by atoms with Crippen molar-refractivity contribution in [3.63, 3.8) is 0 Å². The van der Waals surface area contributed by atoms with Crippen LogP contribution in [0.25, 0.3) is 0 Å². The Bertz CT molecular complexity index is 987. The second kappa shape index (κ2) is 8.78. The van der Waals surface area contributed by atoms with Gasteiger partial charge in [-0.15, -0.1) is 0 Å². The first-order valence-corrected chi connectivity index (χ1v) is 11.2. The summed E-state index contributed by atoms with van der Waals surface area (Å²) in [5.41, 5.74) is 6.68. The summed E-state index contributed by atoms with van der Waals surface area (Å²) in [7, 11) is -3.61. The number of rotatable bonds is 6. The SMILES string of the molecule is C/C(=N/NC(=O)CN(c1ccc(C)cc1)S(C)(=O)=O)c1ccc(C(C)(C)C)cc1. The van der Waals surface area contributed by atoms with Crippen LogP contribution in [-0.4, -0.2) is 32.8 Å². The Morgan fingerprint density at radius 1 is 1.03 bits per heavy atom. The van der Waals surface area contributed by atoms with Gasteiger partial charge in [0.1, 0.15) is 6.54 Å². The lowest BCUT2D eigenvalue weighted by molar-refractivity contribution is -0.119. The molecule has 2 rings (SSSR count). The Morgan fingerprint density at radius 2 is 1.59 bits per heavy atom. The number of carbonyl (C=O) groups is 1. The molecule has 0 aliphatic rings. The van der Waals surface area contributed by atoms with E-state index >= 15 is 0 Å². The van der Waals surface area contributed by atoms with Crippen molar-refractivity contribution >= 4 is 27.3 Å². The van der Waals surface area contributed by atoms with Gasteiger partial charge < -0.3 is 0 Å². The Balaban J connectivity index is 2.10. The molecule has 0 fully saturated rings. The zero-order valence-electron chi connectivity index (χ0n) is 17.9. The van der Waals surface area contributed by atoms with Gasteiger partial charge in [-0.05, 0) is 42.5 Å². The molecule has 0 saturated carbocycles. The standard InChI is InChI=1S/C22H29N3O3S/c1-16-7-13-20(14-8-16)25(29(6,27)28)15-21(26)24-23-17(2)18-9-11-19(12-10-18)22(3,4)5/h7-14H,15H2,1-6H3,(H,24,26)/b23-17-. The second-order valence-corrected chi connectivity index (χ2v) is 10.1. The molecule has 0 heterocycles. The van der Waals surface area contributed by atoms with Crippen LogP contribution in [-0.2, 0) is 20.2 Å². The molecule has 1 amide bonds. The molecule has 0 radical (unpaired) electrons. The number of anilines is 1. The molecule has 0 aromatic heterocycles. The van der Waals surface area contributed by atoms with Crippen LogP contribution in [0.1, 0.15) is 44.4 Å². The molecule has 7 heteroatoms. The quantitative estimate of drug-likeness (QED) is 0.578. The fraction of sp³-hybridized carbons (Fsp3) is 0.364. The van der Waals surface area contributed by atoms with Crippen LogP contribution < -0.4 is 9.73 Å². The fourth-order valence-corrected chi connectivity index (χ4v) is 3.56. The summed E-state index contributed by atoms with van der Waals surface area (Å²) in [4.78, 5) is 12.3. The smallest absolute Gasteiger partial charge is 0.260 e. The summed E-state index contributed by atoms with van der Waals surface area (Å²) >= 11 is 0. The lowest BCUT2D eigenvalue weighted by atomic mass is 9.86. The summed E-state index contributed by atoms with van der Waals surface area (Å²) in [6.45, 7) is 9.79. The first kappa shape index (κ1) is 22.6. The third-order valence-electron chi connectivity index (χ3n) is 4.53. The Kier molecular flexibility index (Phi) is 6.85. The highest BCUT2D eigenvalue weighted by Gasteiger charge is 2.20. The Hall–Kier alpha value is -2.67. The van der Waals surface area contributed by atoms with Gasteiger partial charge in [0.15, 0.2) is 0 Å². The highest BCUT2D eigenvalue weighted by molar-refractivity contribution is 7.92. The van der Waals surface area contributed by atoms with E-state index in [1.54, 1.807) is 31.2 Å². The van der Waals surface area contributed by atoms with E-state index in [0.717, 1.165) is 21.7 Å². The number of hydrogen-bond acceptors (Lipinski definition) is 4. The first-order valence-electron chi connectivity index (χ1n) is 9.36. The van der Waals surface area contributed by atoms with Crippen molar-refractivity contribution in [2.75, 3.05) is 17.1 Å². The van der Waals surface area contributed by atoms with Crippen LogP contribution in [0.5, 0.6) is 0 Å². The molecule has 156 valence electrons. The van der Waals surface area contributed by atoms with E-state index in [4.69, 9.17) is 0 Å². The highest BCUT2D eigenvalue weighted by Crippen LogP contribution is 2.22. The number of hydrazone groups is 1. The van der Waals surface area contributed by atoms with Crippen LogP contribution in [0.15, 0.2) is 53.6 Å². The number of nitrogens with one attached hydrogen (secondary N) is 1. The first-order chi connectivity index (χ1) is 13.4. The van der Waals surface area contributed by atoms with Crippen LogP contribution in [0.4, 0.5) is 5.69 Å². The largest absolute Gasteiger partial charge is 0.271 e. The Labute approximate surface area is 173 Å². The number of benzene rings is 2. The molecular weight excluding hydrogens is 386 g/mol. The summed E-state index contributed by atoms with van der Waals surface area (Å²) in [6.07, 6.45) is 1.07. The molecule has 0 bridgehead atoms. The molecule has 0 aliphatic heterocycles. The summed E-state index contributed by atoms with van der Waals surface area (Å²) in [5, 5.41) is 4.12. The molecule has 2 aromatic rings. The molecule has 1 N–H and O–H groups in total.